The minimum atomic E-state index is -2.67. The quantitative estimate of drug-likeness (QED) is 0.505. The lowest BCUT2D eigenvalue weighted by molar-refractivity contribution is 0.0763. The Hall–Kier alpha value is -3.88. The van der Waals surface area contributed by atoms with Crippen LogP contribution in [0.3, 0.4) is 0 Å². The zero-order chi connectivity index (χ0) is 26.2. The van der Waals surface area contributed by atoms with Crippen LogP contribution in [-0.4, -0.2) is 30.1 Å². The molecular weight excluding hydrogens is 404 g/mol. The van der Waals surface area contributed by atoms with Gasteiger partial charge in [-0.2, -0.15) is 5.10 Å². The highest BCUT2D eigenvalue weighted by atomic mass is 19.1. The SMILES string of the molecule is [2H]C1([2H])c2ncccc2C(=O)N1Cc1c(F)cc(-c2cn(C)c(=O)c3nn(C([2H])([2H])[2H])cc23)cc1F. The molecule has 7 nitrogen and oxygen atoms in total. The zero-order valence-corrected chi connectivity index (χ0v) is 16.1. The Morgan fingerprint density at radius 3 is 2.68 bits per heavy atom. The summed E-state index contributed by atoms with van der Waals surface area (Å²) in [5.41, 5.74) is -1.26. The van der Waals surface area contributed by atoms with Gasteiger partial charge in [0, 0.05) is 53.2 Å². The zero-order valence-electron chi connectivity index (χ0n) is 21.1. The van der Waals surface area contributed by atoms with E-state index in [2.05, 4.69) is 10.1 Å². The van der Waals surface area contributed by atoms with Crippen LogP contribution < -0.4 is 5.56 Å². The minimum absolute atomic E-state index is 0.000142. The summed E-state index contributed by atoms with van der Waals surface area (Å²) in [5, 5.41) is 3.94. The first kappa shape index (κ1) is 14.2. The second kappa shape index (κ2) is 6.83. The van der Waals surface area contributed by atoms with Gasteiger partial charge in [-0.3, -0.25) is 19.3 Å². The third-order valence-electron chi connectivity index (χ3n) is 5.14. The summed E-state index contributed by atoms with van der Waals surface area (Å²) >= 11 is 0. The summed E-state index contributed by atoms with van der Waals surface area (Å²) in [5.74, 6) is -2.85. The molecule has 3 aromatic heterocycles. The van der Waals surface area contributed by atoms with Crippen LogP contribution in [0, 0.1) is 11.6 Å². The number of hydrogen-bond donors (Lipinski definition) is 0. The molecule has 0 bridgehead atoms. The molecule has 31 heavy (non-hydrogen) atoms. The van der Waals surface area contributed by atoms with Crippen molar-refractivity contribution >= 4 is 16.8 Å². The predicted octanol–water partition coefficient (Wildman–Crippen LogP) is 2.77. The van der Waals surface area contributed by atoms with Crippen molar-refractivity contribution in [3.63, 3.8) is 0 Å². The predicted molar refractivity (Wildman–Crippen MR) is 109 cm³/mol. The first-order valence-corrected chi connectivity index (χ1v) is 9.16. The van der Waals surface area contributed by atoms with Crippen molar-refractivity contribution in [2.45, 2.75) is 13.0 Å². The van der Waals surface area contributed by atoms with Crippen molar-refractivity contribution in [1.29, 1.82) is 0 Å². The number of carbonyl (C=O) groups is 1. The Morgan fingerprint density at radius 1 is 1.19 bits per heavy atom. The highest BCUT2D eigenvalue weighted by Crippen LogP contribution is 2.31. The maximum absolute atomic E-state index is 15.2. The molecule has 5 rings (SSSR count). The molecule has 0 unspecified atom stereocenters. The van der Waals surface area contributed by atoms with Crippen LogP contribution >= 0.6 is 0 Å². The smallest absolute Gasteiger partial charge is 0.278 e. The molecular formula is C22H17F2N5O2. The fraction of sp³-hybridized carbons (Fsp3) is 0.182. The van der Waals surface area contributed by atoms with Gasteiger partial charge in [0.05, 0.1) is 27.0 Å². The molecule has 0 saturated carbocycles. The van der Waals surface area contributed by atoms with Gasteiger partial charge in [-0.1, -0.05) is 0 Å². The standard InChI is InChI=1S/C22H17F2N5O2/c1-27-8-14(15-9-28(2)26-20(15)22(27)31)12-6-17(23)16(18(24)7-12)10-29-11-19-13(21(29)30)4-3-5-25-19/h3-9H,10-11H2,1-2H3/i2D3,11D2. The van der Waals surface area contributed by atoms with Crippen molar-refractivity contribution in [1.82, 2.24) is 24.2 Å². The molecule has 9 heteroatoms. The molecule has 1 amide bonds. The molecule has 0 N–H and O–H groups in total. The van der Waals surface area contributed by atoms with E-state index < -0.39 is 48.7 Å². The van der Waals surface area contributed by atoms with Gasteiger partial charge in [-0.15, -0.1) is 0 Å². The van der Waals surface area contributed by atoms with Crippen LogP contribution in [0.4, 0.5) is 8.78 Å². The first-order valence-electron chi connectivity index (χ1n) is 11.7. The lowest BCUT2D eigenvalue weighted by Gasteiger charge is -2.17. The number of fused-ring (bicyclic) bond motifs is 2. The maximum atomic E-state index is 15.2. The van der Waals surface area contributed by atoms with E-state index in [0.717, 1.165) is 22.9 Å². The van der Waals surface area contributed by atoms with E-state index in [0.29, 0.717) is 9.58 Å². The van der Waals surface area contributed by atoms with E-state index in [-0.39, 0.29) is 33.3 Å². The second-order valence-corrected chi connectivity index (χ2v) is 7.12. The van der Waals surface area contributed by atoms with Gasteiger partial charge < -0.3 is 9.47 Å². The largest absolute Gasteiger partial charge is 0.328 e. The average molecular weight is 426 g/mol. The molecule has 0 spiro atoms. The third-order valence-corrected chi connectivity index (χ3v) is 5.14. The highest BCUT2D eigenvalue weighted by Gasteiger charge is 2.29. The minimum Gasteiger partial charge on any atom is -0.328 e. The van der Waals surface area contributed by atoms with E-state index in [1.165, 1.54) is 31.6 Å². The molecule has 0 aliphatic carbocycles. The number of benzene rings is 1. The van der Waals surface area contributed by atoms with Crippen molar-refractivity contribution < 1.29 is 20.4 Å². The Balaban J connectivity index is 1.59. The molecule has 0 fully saturated rings. The molecule has 0 radical (unpaired) electrons. The van der Waals surface area contributed by atoms with Crippen LogP contribution in [0.2, 0.25) is 0 Å². The lowest BCUT2D eigenvalue weighted by Crippen LogP contribution is -2.24. The fourth-order valence-electron chi connectivity index (χ4n) is 3.62. The normalized spacial score (nSPS) is 17.7. The van der Waals surface area contributed by atoms with E-state index in [1.807, 2.05) is 0 Å². The van der Waals surface area contributed by atoms with E-state index in [1.54, 1.807) is 0 Å². The number of aromatic nitrogens is 4. The topological polar surface area (TPSA) is 73.0 Å². The van der Waals surface area contributed by atoms with Gasteiger partial charge in [0.1, 0.15) is 11.6 Å². The number of nitrogens with zero attached hydrogens (tertiary/aromatic N) is 5. The Labute approximate surface area is 182 Å². The third kappa shape index (κ3) is 3.00. The summed E-state index contributed by atoms with van der Waals surface area (Å²) in [6.45, 7) is -5.74. The van der Waals surface area contributed by atoms with Crippen LogP contribution in [0.5, 0.6) is 0 Å². The number of amides is 1. The van der Waals surface area contributed by atoms with Gasteiger partial charge >= 0.3 is 0 Å². The fourth-order valence-corrected chi connectivity index (χ4v) is 3.62. The van der Waals surface area contributed by atoms with Crippen molar-refractivity contribution in [3.05, 3.63) is 81.7 Å². The van der Waals surface area contributed by atoms with Crippen molar-refractivity contribution in [2.75, 3.05) is 0 Å². The van der Waals surface area contributed by atoms with Crippen molar-refractivity contribution in [2.24, 2.45) is 14.0 Å². The highest BCUT2D eigenvalue weighted by molar-refractivity contribution is 5.97. The maximum Gasteiger partial charge on any atom is 0.278 e. The number of aryl methyl sites for hydroxylation is 2. The number of pyridine rings is 2. The van der Waals surface area contributed by atoms with Crippen LogP contribution in [0.1, 0.15) is 28.5 Å². The van der Waals surface area contributed by atoms with Gasteiger partial charge in [-0.05, 0) is 29.8 Å². The summed E-state index contributed by atoms with van der Waals surface area (Å²) in [6, 6.07) is 4.81. The monoisotopic (exact) mass is 426 g/mol. The summed E-state index contributed by atoms with van der Waals surface area (Å²) in [4.78, 5) is 29.9. The van der Waals surface area contributed by atoms with E-state index in [4.69, 9.17) is 6.85 Å². The second-order valence-electron chi connectivity index (χ2n) is 7.12. The molecule has 4 aromatic rings. The van der Waals surface area contributed by atoms with Gasteiger partial charge in [-0.25, -0.2) is 8.78 Å². The van der Waals surface area contributed by atoms with E-state index in [9.17, 15) is 9.59 Å². The number of carbonyl (C=O) groups excluding carboxylic acids is 1. The van der Waals surface area contributed by atoms with E-state index >= 15 is 8.78 Å². The van der Waals surface area contributed by atoms with Crippen molar-refractivity contribution in [3.8, 4) is 11.1 Å². The Morgan fingerprint density at radius 2 is 1.97 bits per heavy atom. The lowest BCUT2D eigenvalue weighted by atomic mass is 10.0. The summed E-state index contributed by atoms with van der Waals surface area (Å²) in [6.07, 6.45) is 3.76. The molecule has 4 heterocycles. The Kier molecular flexibility index (Phi) is 3.13. The molecule has 1 aliphatic rings. The molecule has 1 aromatic carbocycles. The van der Waals surface area contributed by atoms with Gasteiger partial charge in [0.25, 0.3) is 11.5 Å². The van der Waals surface area contributed by atoms with Gasteiger partial charge in [0.15, 0.2) is 5.52 Å². The number of hydrogen-bond acceptors (Lipinski definition) is 4. The molecule has 0 saturated heterocycles. The summed E-state index contributed by atoms with van der Waals surface area (Å²) < 4.78 is 71.4. The Bertz CT molecular complexity index is 1610. The average Bonchev–Trinajstić information content (AvgIpc) is 3.33. The molecule has 0 atom stereocenters. The molecule has 156 valence electrons. The first-order chi connectivity index (χ1) is 16.8. The molecule has 1 aliphatic heterocycles. The summed E-state index contributed by atoms with van der Waals surface area (Å²) in [7, 11) is 1.40. The van der Waals surface area contributed by atoms with Crippen LogP contribution in [-0.2, 0) is 27.1 Å². The van der Waals surface area contributed by atoms with Gasteiger partial charge in [0.2, 0.25) is 0 Å². The number of halogens is 2. The number of rotatable bonds is 3. The van der Waals surface area contributed by atoms with Crippen LogP contribution in [0.25, 0.3) is 22.0 Å². The van der Waals surface area contributed by atoms with Crippen LogP contribution in [0.15, 0.2) is 47.7 Å².